The molecule has 2 aliphatic rings. The van der Waals surface area contributed by atoms with Crippen LogP contribution in [0.5, 0.6) is 0 Å². The van der Waals surface area contributed by atoms with Crippen LogP contribution in [-0.4, -0.2) is 37.1 Å². The lowest BCUT2D eigenvalue weighted by molar-refractivity contribution is 0.147. The van der Waals surface area contributed by atoms with Crippen LogP contribution >= 0.6 is 0 Å². The van der Waals surface area contributed by atoms with Crippen molar-refractivity contribution in [1.82, 2.24) is 10.2 Å². The normalized spacial score (nSPS) is 25.1. The summed E-state index contributed by atoms with van der Waals surface area (Å²) in [5.74, 6) is 0.741. The molecule has 3 heteroatoms. The van der Waals surface area contributed by atoms with Gasteiger partial charge in [0.25, 0.3) is 0 Å². The number of hydrogen-bond acceptors (Lipinski definition) is 2. The van der Waals surface area contributed by atoms with Gasteiger partial charge >= 0.3 is 0 Å². The van der Waals surface area contributed by atoms with Crippen molar-refractivity contribution < 1.29 is 4.39 Å². The molecule has 0 spiro atoms. The van der Waals surface area contributed by atoms with Crippen LogP contribution in [0.15, 0.2) is 24.3 Å². The molecule has 1 aliphatic carbocycles. The van der Waals surface area contributed by atoms with E-state index in [0.29, 0.717) is 6.04 Å². The number of piperazine rings is 1. The lowest BCUT2D eigenvalue weighted by Gasteiger charge is -2.39. The van der Waals surface area contributed by atoms with Gasteiger partial charge in [0.1, 0.15) is 5.82 Å². The lowest BCUT2D eigenvalue weighted by Crippen LogP contribution is -2.54. The lowest BCUT2D eigenvalue weighted by atomic mass is 9.83. The van der Waals surface area contributed by atoms with Crippen LogP contribution in [0.4, 0.5) is 4.39 Å². The predicted octanol–water partition coefficient (Wildman–Crippen LogP) is 3.22. The van der Waals surface area contributed by atoms with Crippen molar-refractivity contribution in [1.29, 1.82) is 0 Å². The summed E-state index contributed by atoms with van der Waals surface area (Å²) in [4.78, 5) is 2.58. The van der Waals surface area contributed by atoms with Crippen LogP contribution in [0.1, 0.15) is 37.7 Å². The first-order valence-corrected chi connectivity index (χ1v) is 8.51. The summed E-state index contributed by atoms with van der Waals surface area (Å²) in [7, 11) is 0. The minimum atomic E-state index is -0.140. The molecule has 3 rings (SSSR count). The summed E-state index contributed by atoms with van der Waals surface area (Å²) >= 11 is 0. The van der Waals surface area contributed by atoms with Crippen molar-refractivity contribution in [3.63, 3.8) is 0 Å². The SMILES string of the molecule is Fc1ccc(CCN2CCNC(C3CCCCC3)C2)cc1. The molecule has 1 aliphatic heterocycles. The summed E-state index contributed by atoms with van der Waals surface area (Å²) in [5, 5.41) is 3.73. The maximum atomic E-state index is 12.9. The largest absolute Gasteiger partial charge is 0.311 e. The average molecular weight is 290 g/mol. The number of halogens is 1. The van der Waals surface area contributed by atoms with E-state index >= 15 is 0 Å². The molecule has 0 amide bonds. The molecule has 1 saturated heterocycles. The van der Waals surface area contributed by atoms with Crippen LogP contribution in [0.2, 0.25) is 0 Å². The Morgan fingerprint density at radius 1 is 1.10 bits per heavy atom. The molecule has 1 unspecified atom stereocenters. The number of nitrogens with one attached hydrogen (secondary N) is 1. The van der Waals surface area contributed by atoms with Crippen molar-refractivity contribution in [2.75, 3.05) is 26.2 Å². The van der Waals surface area contributed by atoms with E-state index < -0.39 is 0 Å². The minimum Gasteiger partial charge on any atom is -0.311 e. The fraction of sp³-hybridized carbons (Fsp3) is 0.667. The topological polar surface area (TPSA) is 15.3 Å². The zero-order chi connectivity index (χ0) is 14.5. The van der Waals surface area contributed by atoms with Gasteiger partial charge in [-0.3, -0.25) is 0 Å². The highest BCUT2D eigenvalue weighted by Crippen LogP contribution is 2.27. The molecular formula is C18H27FN2. The third-order valence-corrected chi connectivity index (χ3v) is 5.14. The average Bonchev–Trinajstić information content (AvgIpc) is 2.55. The molecule has 1 saturated carbocycles. The molecule has 2 fully saturated rings. The minimum absolute atomic E-state index is 0.140. The van der Waals surface area contributed by atoms with Gasteiger partial charge in [0.15, 0.2) is 0 Å². The van der Waals surface area contributed by atoms with Crippen molar-refractivity contribution >= 4 is 0 Å². The highest BCUT2D eigenvalue weighted by Gasteiger charge is 2.27. The van der Waals surface area contributed by atoms with E-state index in [1.807, 2.05) is 12.1 Å². The molecule has 0 aromatic heterocycles. The Bertz CT molecular complexity index is 425. The van der Waals surface area contributed by atoms with Gasteiger partial charge in [-0.05, 0) is 42.9 Å². The van der Waals surface area contributed by atoms with E-state index in [0.717, 1.165) is 32.0 Å². The molecule has 0 radical (unpaired) electrons. The second-order valence-electron chi connectivity index (χ2n) is 6.64. The summed E-state index contributed by atoms with van der Waals surface area (Å²) in [6.45, 7) is 4.54. The van der Waals surface area contributed by atoms with E-state index in [1.54, 1.807) is 12.1 Å². The Kier molecular flexibility index (Phi) is 5.26. The van der Waals surface area contributed by atoms with Gasteiger partial charge in [0, 0.05) is 32.2 Å². The van der Waals surface area contributed by atoms with Gasteiger partial charge in [0.2, 0.25) is 0 Å². The second-order valence-corrected chi connectivity index (χ2v) is 6.64. The van der Waals surface area contributed by atoms with Crippen LogP contribution in [-0.2, 0) is 6.42 Å². The zero-order valence-corrected chi connectivity index (χ0v) is 12.9. The van der Waals surface area contributed by atoms with Crippen molar-refractivity contribution in [3.05, 3.63) is 35.6 Å². The first-order valence-electron chi connectivity index (χ1n) is 8.51. The first kappa shape index (κ1) is 15.0. The zero-order valence-electron chi connectivity index (χ0n) is 12.9. The summed E-state index contributed by atoms with van der Waals surface area (Å²) < 4.78 is 12.9. The Balaban J connectivity index is 1.48. The van der Waals surface area contributed by atoms with Crippen LogP contribution in [0.3, 0.4) is 0 Å². The van der Waals surface area contributed by atoms with Crippen molar-refractivity contribution in [2.24, 2.45) is 5.92 Å². The standard InChI is InChI=1S/C18H27FN2/c19-17-8-6-15(7-9-17)10-12-21-13-11-20-18(14-21)16-4-2-1-3-5-16/h6-9,16,18,20H,1-5,10-14H2. The molecule has 1 aromatic carbocycles. The third kappa shape index (κ3) is 4.27. The van der Waals surface area contributed by atoms with Gasteiger partial charge in [0.05, 0.1) is 0 Å². The van der Waals surface area contributed by atoms with Crippen LogP contribution in [0, 0.1) is 11.7 Å². The number of benzene rings is 1. The Hall–Kier alpha value is -0.930. The molecule has 116 valence electrons. The molecule has 21 heavy (non-hydrogen) atoms. The third-order valence-electron chi connectivity index (χ3n) is 5.14. The van der Waals surface area contributed by atoms with E-state index in [1.165, 1.54) is 44.2 Å². The Labute approximate surface area is 127 Å². The molecule has 0 bridgehead atoms. The number of rotatable bonds is 4. The molecule has 2 nitrogen and oxygen atoms in total. The highest BCUT2D eigenvalue weighted by molar-refractivity contribution is 5.16. The molecule has 1 N–H and O–H groups in total. The molecule has 1 heterocycles. The quantitative estimate of drug-likeness (QED) is 0.916. The van der Waals surface area contributed by atoms with Crippen LogP contribution in [0.25, 0.3) is 0 Å². The Morgan fingerprint density at radius 2 is 1.86 bits per heavy atom. The van der Waals surface area contributed by atoms with E-state index in [4.69, 9.17) is 0 Å². The fourth-order valence-electron chi connectivity index (χ4n) is 3.84. The molecule has 1 aromatic rings. The van der Waals surface area contributed by atoms with E-state index in [2.05, 4.69) is 10.2 Å². The number of hydrogen-bond donors (Lipinski definition) is 1. The summed E-state index contributed by atoms with van der Waals surface area (Å²) in [6.07, 6.45) is 8.10. The Morgan fingerprint density at radius 3 is 2.62 bits per heavy atom. The van der Waals surface area contributed by atoms with Gasteiger partial charge in [-0.25, -0.2) is 4.39 Å². The van der Waals surface area contributed by atoms with Gasteiger partial charge in [-0.1, -0.05) is 31.4 Å². The van der Waals surface area contributed by atoms with Crippen molar-refractivity contribution in [3.8, 4) is 0 Å². The summed E-state index contributed by atoms with van der Waals surface area (Å²) in [5.41, 5.74) is 1.24. The predicted molar refractivity (Wildman–Crippen MR) is 84.9 cm³/mol. The van der Waals surface area contributed by atoms with Crippen molar-refractivity contribution in [2.45, 2.75) is 44.6 Å². The van der Waals surface area contributed by atoms with Crippen LogP contribution < -0.4 is 5.32 Å². The van der Waals surface area contributed by atoms with Gasteiger partial charge in [-0.2, -0.15) is 0 Å². The number of nitrogens with zero attached hydrogens (tertiary/aromatic N) is 1. The summed E-state index contributed by atoms with van der Waals surface area (Å²) in [6, 6.07) is 7.65. The maximum absolute atomic E-state index is 12.9. The fourth-order valence-corrected chi connectivity index (χ4v) is 3.84. The first-order chi connectivity index (χ1) is 10.3. The van der Waals surface area contributed by atoms with E-state index in [-0.39, 0.29) is 5.82 Å². The maximum Gasteiger partial charge on any atom is 0.123 e. The highest BCUT2D eigenvalue weighted by atomic mass is 19.1. The van der Waals surface area contributed by atoms with E-state index in [9.17, 15) is 4.39 Å². The molecule has 1 atom stereocenters. The van der Waals surface area contributed by atoms with Gasteiger partial charge in [-0.15, -0.1) is 0 Å². The second kappa shape index (κ2) is 7.37. The van der Waals surface area contributed by atoms with Gasteiger partial charge < -0.3 is 10.2 Å². The monoisotopic (exact) mass is 290 g/mol. The smallest absolute Gasteiger partial charge is 0.123 e. The molecular weight excluding hydrogens is 263 g/mol.